The zero-order valence-electron chi connectivity index (χ0n) is 34.6. The first-order valence-corrected chi connectivity index (χ1v) is 24.3. The largest absolute Gasteiger partial charge is 0.446 e. The van der Waals surface area contributed by atoms with E-state index in [2.05, 4.69) is 45.7 Å². The summed E-state index contributed by atoms with van der Waals surface area (Å²) in [6.45, 7) is 4.25. The van der Waals surface area contributed by atoms with Gasteiger partial charge >= 0.3 is 24.2 Å². The summed E-state index contributed by atoms with van der Waals surface area (Å²) in [6.07, 6.45) is 19.2. The van der Waals surface area contributed by atoms with Crippen LogP contribution in [0.4, 0.5) is 19.2 Å². The van der Waals surface area contributed by atoms with Gasteiger partial charge in [-0.3, -0.25) is 0 Å². The monoisotopic (exact) mass is 821 g/mol. The molecule has 6 amide bonds. The number of sulfone groups is 1. The second-order valence-corrected chi connectivity index (χ2v) is 21.1. The van der Waals surface area contributed by atoms with Crippen LogP contribution in [0, 0.1) is 11.8 Å². The number of ether oxygens (including phenoxy) is 2. The Bertz CT molecular complexity index is 1340. The van der Waals surface area contributed by atoms with Gasteiger partial charge in [-0.05, 0) is 153 Å². The van der Waals surface area contributed by atoms with Crippen molar-refractivity contribution in [3.05, 3.63) is 0 Å². The van der Waals surface area contributed by atoms with Crippen molar-refractivity contribution < 1.29 is 37.1 Å². The molecule has 0 aromatic rings. The SMILES string of the molecule is CC1CCC(NC(=O)OC2CCCCC2)CC1NC(=O)NC1CCC(S(=O)(=O)C2CCC(NC(=O)NC3CC(NC(=O)OC4CCCCC4)CCC3C)CC2)CC1. The second kappa shape index (κ2) is 20.8. The normalized spacial score (nSPS) is 34.5. The van der Waals surface area contributed by atoms with Crippen LogP contribution in [0.1, 0.15) is 168 Å². The minimum Gasteiger partial charge on any atom is -0.446 e. The summed E-state index contributed by atoms with van der Waals surface area (Å²) in [5, 5.41) is 17.7. The van der Waals surface area contributed by atoms with E-state index in [0.717, 1.165) is 77.0 Å². The summed E-state index contributed by atoms with van der Waals surface area (Å²) in [7, 11) is -3.35. The van der Waals surface area contributed by atoms with Gasteiger partial charge in [-0.15, -0.1) is 0 Å². The van der Waals surface area contributed by atoms with Crippen molar-refractivity contribution in [3.63, 3.8) is 0 Å². The lowest BCUT2D eigenvalue weighted by atomic mass is 9.83. The third kappa shape index (κ3) is 13.0. The highest BCUT2D eigenvalue weighted by Gasteiger charge is 2.40. The van der Waals surface area contributed by atoms with Crippen LogP contribution in [-0.4, -0.2) is 91.6 Å². The molecular formula is C42H72N6O8S. The molecule has 6 saturated carbocycles. The summed E-state index contributed by atoms with van der Waals surface area (Å²) < 4.78 is 38.8. The Morgan fingerprint density at radius 2 is 0.772 bits per heavy atom. The van der Waals surface area contributed by atoms with Crippen molar-refractivity contribution in [2.24, 2.45) is 11.8 Å². The number of nitrogens with one attached hydrogen (secondary N) is 6. The van der Waals surface area contributed by atoms with Crippen LogP contribution in [0.25, 0.3) is 0 Å². The molecule has 14 nitrogen and oxygen atoms in total. The van der Waals surface area contributed by atoms with Gasteiger partial charge in [-0.25, -0.2) is 27.6 Å². The van der Waals surface area contributed by atoms with E-state index < -0.39 is 20.3 Å². The average molecular weight is 821 g/mol. The predicted molar refractivity (Wildman–Crippen MR) is 219 cm³/mol. The van der Waals surface area contributed by atoms with Crippen LogP contribution in [0.15, 0.2) is 0 Å². The zero-order chi connectivity index (χ0) is 40.4. The predicted octanol–water partition coefficient (Wildman–Crippen LogP) is 6.85. The molecular weight excluding hydrogens is 749 g/mol. The molecule has 6 unspecified atom stereocenters. The topological polar surface area (TPSA) is 193 Å². The molecule has 15 heteroatoms. The number of carbonyl (C=O) groups is 4. The molecule has 57 heavy (non-hydrogen) atoms. The lowest BCUT2D eigenvalue weighted by Crippen LogP contribution is -2.54. The minimum atomic E-state index is -3.35. The van der Waals surface area contributed by atoms with E-state index in [-0.39, 0.29) is 84.5 Å². The number of urea groups is 2. The van der Waals surface area contributed by atoms with Gasteiger partial charge in [0.1, 0.15) is 12.2 Å². The maximum Gasteiger partial charge on any atom is 0.407 e. The van der Waals surface area contributed by atoms with Crippen LogP contribution >= 0.6 is 0 Å². The first-order chi connectivity index (χ1) is 27.4. The number of amides is 6. The molecule has 0 aromatic heterocycles. The van der Waals surface area contributed by atoms with E-state index in [4.69, 9.17) is 9.47 Å². The summed E-state index contributed by atoms with van der Waals surface area (Å²) in [5.74, 6) is 0.563. The van der Waals surface area contributed by atoms with Crippen LogP contribution < -0.4 is 31.9 Å². The standard InChI is InChI=1S/C42H72N6O8S/c1-27-13-15-31(45-41(51)55-33-9-5-3-6-10-33)25-37(27)47-39(49)43-29-17-21-35(22-18-29)57(53,54)36-23-19-30(20-24-36)44-40(50)48-38-26-32(16-14-28(38)2)46-42(52)56-34-11-7-4-8-12-34/h27-38H,3-26H2,1-2H3,(H,45,51)(H,46,52)(H2,43,47,49)(H2,44,48,50). The van der Waals surface area contributed by atoms with Crippen molar-refractivity contribution >= 4 is 34.1 Å². The Kier molecular flexibility index (Phi) is 15.9. The molecule has 0 saturated heterocycles. The number of rotatable bonds is 10. The number of alkyl carbamates (subject to hydrolysis) is 2. The molecule has 0 bridgehead atoms. The van der Waals surface area contributed by atoms with Crippen molar-refractivity contribution in [1.82, 2.24) is 31.9 Å². The van der Waals surface area contributed by atoms with E-state index in [1.165, 1.54) is 12.8 Å². The molecule has 0 aliphatic heterocycles. The van der Waals surface area contributed by atoms with E-state index >= 15 is 0 Å². The maximum atomic E-state index is 13.8. The molecule has 6 aliphatic carbocycles. The van der Waals surface area contributed by atoms with Crippen LogP contribution in [0.5, 0.6) is 0 Å². The van der Waals surface area contributed by atoms with Crippen molar-refractivity contribution in [2.75, 3.05) is 0 Å². The second-order valence-electron chi connectivity index (χ2n) is 18.6. The van der Waals surface area contributed by atoms with Crippen molar-refractivity contribution in [3.8, 4) is 0 Å². The lowest BCUT2D eigenvalue weighted by Gasteiger charge is -2.37. The Hall–Kier alpha value is -2.97. The molecule has 324 valence electrons. The smallest absolute Gasteiger partial charge is 0.407 e. The maximum absolute atomic E-state index is 13.8. The fourth-order valence-electron chi connectivity index (χ4n) is 10.5. The Balaban J connectivity index is 0.859. The molecule has 0 spiro atoms. The Morgan fingerprint density at radius 1 is 0.421 bits per heavy atom. The van der Waals surface area contributed by atoms with Crippen molar-refractivity contribution in [1.29, 1.82) is 0 Å². The van der Waals surface area contributed by atoms with Gasteiger partial charge in [-0.2, -0.15) is 0 Å². The number of hydrogen-bond donors (Lipinski definition) is 6. The average Bonchev–Trinajstić information content (AvgIpc) is 3.18. The number of hydrogen-bond acceptors (Lipinski definition) is 8. The molecule has 0 aromatic carbocycles. The Morgan fingerprint density at radius 3 is 1.14 bits per heavy atom. The van der Waals surface area contributed by atoms with Gasteiger partial charge in [0.2, 0.25) is 0 Å². The molecule has 6 atom stereocenters. The highest BCUT2D eigenvalue weighted by molar-refractivity contribution is 7.92. The zero-order valence-corrected chi connectivity index (χ0v) is 35.4. The van der Waals surface area contributed by atoms with Crippen LogP contribution in [0.3, 0.4) is 0 Å². The van der Waals surface area contributed by atoms with Gasteiger partial charge in [0.05, 0.1) is 10.5 Å². The van der Waals surface area contributed by atoms with Gasteiger partial charge in [0.25, 0.3) is 0 Å². The molecule has 6 rings (SSSR count). The minimum absolute atomic E-state index is 0.00359. The Labute approximate surface area is 340 Å². The summed E-state index contributed by atoms with van der Waals surface area (Å²) in [6, 6.07) is -0.859. The van der Waals surface area contributed by atoms with E-state index in [1.54, 1.807) is 0 Å². The molecule has 0 heterocycles. The van der Waals surface area contributed by atoms with E-state index in [9.17, 15) is 27.6 Å². The van der Waals surface area contributed by atoms with Gasteiger partial charge in [0.15, 0.2) is 9.84 Å². The number of carbonyl (C=O) groups excluding carboxylic acids is 4. The van der Waals surface area contributed by atoms with Crippen LogP contribution in [0.2, 0.25) is 0 Å². The highest BCUT2D eigenvalue weighted by atomic mass is 32.2. The van der Waals surface area contributed by atoms with Crippen LogP contribution in [-0.2, 0) is 19.3 Å². The first kappa shape index (κ1) is 43.6. The lowest BCUT2D eigenvalue weighted by molar-refractivity contribution is 0.0693. The summed E-state index contributed by atoms with van der Waals surface area (Å²) in [5.41, 5.74) is 0. The van der Waals surface area contributed by atoms with Gasteiger partial charge < -0.3 is 41.4 Å². The third-order valence-electron chi connectivity index (χ3n) is 14.3. The quantitative estimate of drug-likeness (QED) is 0.138. The molecule has 6 N–H and O–H groups in total. The summed E-state index contributed by atoms with van der Waals surface area (Å²) >= 11 is 0. The summed E-state index contributed by atoms with van der Waals surface area (Å²) in [4.78, 5) is 51.2. The molecule has 6 aliphatic rings. The van der Waals surface area contributed by atoms with E-state index in [0.29, 0.717) is 64.2 Å². The molecule has 6 fully saturated rings. The molecule has 0 radical (unpaired) electrons. The fraction of sp³-hybridized carbons (Fsp3) is 0.905. The first-order valence-electron chi connectivity index (χ1n) is 22.7. The van der Waals surface area contributed by atoms with E-state index in [1.807, 2.05) is 0 Å². The van der Waals surface area contributed by atoms with Crippen molar-refractivity contribution in [2.45, 2.75) is 227 Å². The third-order valence-corrected chi connectivity index (χ3v) is 17.1. The van der Waals surface area contributed by atoms with Gasteiger partial charge in [-0.1, -0.05) is 26.7 Å². The van der Waals surface area contributed by atoms with Gasteiger partial charge in [0, 0.05) is 36.3 Å². The fourth-order valence-corrected chi connectivity index (χ4v) is 12.9. The highest BCUT2D eigenvalue weighted by Crippen LogP contribution is 2.34.